The van der Waals surface area contributed by atoms with Gasteiger partial charge in [-0.15, -0.1) is 0 Å². The number of hydrogen-bond donors (Lipinski definition) is 0. The number of hydrogen-bond acceptors (Lipinski definition) is 3. The van der Waals surface area contributed by atoms with Gasteiger partial charge in [-0.3, -0.25) is 9.59 Å². The lowest BCUT2D eigenvalue weighted by Crippen LogP contribution is -2.48. The molecule has 6 atom stereocenters. The third-order valence-corrected chi connectivity index (χ3v) is 8.41. The van der Waals surface area contributed by atoms with Crippen LogP contribution in [0.15, 0.2) is 11.6 Å². The summed E-state index contributed by atoms with van der Waals surface area (Å²) in [5.74, 6) is 3.76. The molecule has 27 heavy (non-hydrogen) atoms. The highest BCUT2D eigenvalue weighted by Gasteiger charge is 2.57. The monoisotopic (exact) mass is 372 g/mol. The normalized spacial score (nSPS) is 40.8. The van der Waals surface area contributed by atoms with E-state index >= 15 is 0 Å². The van der Waals surface area contributed by atoms with E-state index in [1.165, 1.54) is 31.3 Å². The summed E-state index contributed by atoms with van der Waals surface area (Å²) in [6.45, 7) is 6.72. The maximum absolute atomic E-state index is 12.4. The van der Waals surface area contributed by atoms with Crippen molar-refractivity contribution in [2.24, 2.45) is 35.0 Å². The van der Waals surface area contributed by atoms with Gasteiger partial charge in [0.05, 0.1) is 0 Å². The van der Waals surface area contributed by atoms with Crippen molar-refractivity contribution in [1.82, 2.24) is 0 Å². The predicted molar refractivity (Wildman–Crippen MR) is 106 cm³/mol. The first-order chi connectivity index (χ1) is 12.9. The Kier molecular flexibility index (Phi) is 5.24. The molecule has 150 valence electrons. The molecular weight excluding hydrogens is 336 g/mol. The first-order valence-electron chi connectivity index (χ1n) is 11.3. The summed E-state index contributed by atoms with van der Waals surface area (Å²) in [6, 6.07) is 0. The van der Waals surface area contributed by atoms with E-state index < -0.39 is 0 Å². The molecule has 4 aliphatic carbocycles. The van der Waals surface area contributed by atoms with Gasteiger partial charge in [-0.05, 0) is 87.0 Å². The van der Waals surface area contributed by atoms with Gasteiger partial charge in [-0.1, -0.05) is 26.3 Å². The van der Waals surface area contributed by atoms with Crippen LogP contribution >= 0.6 is 0 Å². The molecule has 0 unspecified atom stereocenters. The molecule has 4 aliphatic rings. The van der Waals surface area contributed by atoms with Gasteiger partial charge in [0, 0.05) is 18.3 Å². The van der Waals surface area contributed by atoms with Crippen LogP contribution in [0.1, 0.15) is 85.0 Å². The molecule has 0 aromatic heterocycles. The highest BCUT2D eigenvalue weighted by atomic mass is 16.5. The molecule has 0 spiro atoms. The number of carbonyl (C=O) groups is 2. The van der Waals surface area contributed by atoms with Gasteiger partial charge >= 0.3 is 5.97 Å². The second-order valence-corrected chi connectivity index (χ2v) is 10.3. The first kappa shape index (κ1) is 19.2. The fourth-order valence-electron chi connectivity index (χ4n) is 6.95. The molecule has 0 aromatic rings. The van der Waals surface area contributed by atoms with Gasteiger partial charge in [0.15, 0.2) is 5.78 Å². The predicted octanol–water partition coefficient (Wildman–Crippen LogP) is 5.48. The van der Waals surface area contributed by atoms with Gasteiger partial charge < -0.3 is 4.74 Å². The molecule has 3 nitrogen and oxygen atoms in total. The lowest BCUT2D eigenvalue weighted by Gasteiger charge is -2.53. The van der Waals surface area contributed by atoms with Crippen LogP contribution in [0.5, 0.6) is 0 Å². The molecule has 3 heteroatoms. The number of esters is 1. The van der Waals surface area contributed by atoms with Crippen molar-refractivity contribution >= 4 is 11.8 Å². The fraction of sp³-hybridized carbons (Fsp3) is 0.833. The fourth-order valence-corrected chi connectivity index (χ4v) is 6.95. The topological polar surface area (TPSA) is 43.4 Å². The van der Waals surface area contributed by atoms with Gasteiger partial charge in [0.2, 0.25) is 0 Å². The minimum absolute atomic E-state index is 0.0114. The molecule has 3 fully saturated rings. The van der Waals surface area contributed by atoms with Crippen LogP contribution in [0.3, 0.4) is 0 Å². The second-order valence-electron chi connectivity index (χ2n) is 10.3. The van der Waals surface area contributed by atoms with Gasteiger partial charge in [-0.25, -0.2) is 0 Å². The Morgan fingerprint density at radius 1 is 1.15 bits per heavy atom. The molecule has 0 amide bonds. The molecule has 0 aliphatic heterocycles. The molecular formula is C24H36O3. The van der Waals surface area contributed by atoms with Crippen molar-refractivity contribution in [2.75, 3.05) is 0 Å². The van der Waals surface area contributed by atoms with Crippen LogP contribution in [-0.2, 0) is 14.3 Å². The van der Waals surface area contributed by atoms with Crippen molar-refractivity contribution in [1.29, 1.82) is 0 Å². The molecule has 0 bridgehead atoms. The third-order valence-electron chi connectivity index (χ3n) is 8.41. The smallest absolute Gasteiger partial charge is 0.306 e. The lowest BCUT2D eigenvalue weighted by atomic mass is 9.52. The summed E-state index contributed by atoms with van der Waals surface area (Å²) in [7, 11) is 0. The molecule has 4 rings (SSSR count). The van der Waals surface area contributed by atoms with Crippen molar-refractivity contribution in [3.8, 4) is 0 Å². The molecule has 0 N–H and O–H groups in total. The molecule has 0 saturated heterocycles. The van der Waals surface area contributed by atoms with Crippen LogP contribution in [0.25, 0.3) is 0 Å². The van der Waals surface area contributed by atoms with E-state index in [1.54, 1.807) is 0 Å². The highest BCUT2D eigenvalue weighted by Crippen LogP contribution is 2.62. The van der Waals surface area contributed by atoms with Gasteiger partial charge in [-0.2, -0.15) is 0 Å². The maximum Gasteiger partial charge on any atom is 0.306 e. The summed E-state index contributed by atoms with van der Waals surface area (Å²) in [6.07, 6.45) is 12.4. The van der Waals surface area contributed by atoms with E-state index in [0.29, 0.717) is 30.0 Å². The average Bonchev–Trinajstić information content (AvgIpc) is 2.96. The number of rotatable bonds is 4. The summed E-state index contributed by atoms with van der Waals surface area (Å²) in [5.41, 5.74) is 1.62. The van der Waals surface area contributed by atoms with E-state index in [-0.39, 0.29) is 17.5 Å². The van der Waals surface area contributed by atoms with Crippen LogP contribution in [0.4, 0.5) is 0 Å². The Balaban J connectivity index is 1.45. The van der Waals surface area contributed by atoms with Crippen molar-refractivity contribution < 1.29 is 14.3 Å². The summed E-state index contributed by atoms with van der Waals surface area (Å²) in [5, 5.41) is 0. The largest absolute Gasteiger partial charge is 0.462 e. The Hall–Kier alpha value is -1.12. The molecule has 0 heterocycles. The number of carbonyl (C=O) groups excluding carboxylic acids is 2. The van der Waals surface area contributed by atoms with Crippen LogP contribution in [-0.4, -0.2) is 17.9 Å². The number of allylic oxidation sites excluding steroid dienone is 1. The molecule has 0 aromatic carbocycles. The van der Waals surface area contributed by atoms with E-state index in [1.807, 2.05) is 6.08 Å². The minimum Gasteiger partial charge on any atom is -0.462 e. The van der Waals surface area contributed by atoms with E-state index in [0.717, 1.165) is 43.9 Å². The van der Waals surface area contributed by atoms with Crippen molar-refractivity contribution in [2.45, 2.75) is 91.1 Å². The van der Waals surface area contributed by atoms with Crippen LogP contribution < -0.4 is 0 Å². The third kappa shape index (κ3) is 3.51. The van der Waals surface area contributed by atoms with Crippen LogP contribution in [0.2, 0.25) is 0 Å². The number of ether oxygens (including phenoxy) is 1. The maximum atomic E-state index is 12.4. The Morgan fingerprint density at radius 3 is 2.74 bits per heavy atom. The second kappa shape index (κ2) is 7.37. The zero-order valence-electron chi connectivity index (χ0n) is 17.3. The lowest BCUT2D eigenvalue weighted by molar-refractivity contribution is -0.159. The van der Waals surface area contributed by atoms with Gasteiger partial charge in [0.25, 0.3) is 0 Å². The molecule has 0 radical (unpaired) electrons. The SMILES string of the molecule is CC(C)CCC(=O)O[C@H]1CC[C@H]2[C@@H]3CCC4=CC(=O)CC[C@@H]4[C@H]3CC[C@]12C. The average molecular weight is 373 g/mol. The van der Waals surface area contributed by atoms with Gasteiger partial charge in [0.1, 0.15) is 6.10 Å². The van der Waals surface area contributed by atoms with Crippen molar-refractivity contribution in [3.63, 3.8) is 0 Å². The zero-order valence-corrected chi connectivity index (χ0v) is 17.3. The van der Waals surface area contributed by atoms with Crippen LogP contribution in [0, 0.1) is 35.0 Å². The van der Waals surface area contributed by atoms with E-state index in [9.17, 15) is 9.59 Å². The first-order valence-corrected chi connectivity index (χ1v) is 11.3. The molecule has 3 saturated carbocycles. The summed E-state index contributed by atoms with van der Waals surface area (Å²) < 4.78 is 6.04. The minimum atomic E-state index is 0.0114. The summed E-state index contributed by atoms with van der Waals surface area (Å²) in [4.78, 5) is 24.2. The van der Waals surface area contributed by atoms with Crippen molar-refractivity contribution in [3.05, 3.63) is 11.6 Å². The highest BCUT2D eigenvalue weighted by molar-refractivity contribution is 5.91. The van der Waals surface area contributed by atoms with E-state index in [4.69, 9.17) is 4.74 Å². The Bertz CT molecular complexity index is 634. The quantitative estimate of drug-likeness (QED) is 0.614. The summed E-state index contributed by atoms with van der Waals surface area (Å²) >= 11 is 0. The zero-order chi connectivity index (χ0) is 19.2. The Morgan fingerprint density at radius 2 is 1.96 bits per heavy atom. The number of fused-ring (bicyclic) bond motifs is 5. The number of ketones is 1. The Labute approximate surface area is 164 Å². The van der Waals surface area contributed by atoms with E-state index in [2.05, 4.69) is 20.8 Å². The standard InChI is InChI=1S/C24H36O3/c1-15(2)4-11-23(26)27-22-10-9-21-20-7-5-16-14-17(25)6-8-18(16)19(20)12-13-24(21,22)3/h14-15,18-22H,4-13H2,1-3H3/t18-,19+,20+,21-,22-,24-/m0/s1.